The number of hydrogen-bond acceptors (Lipinski definition) is 3. The standard InChI is InChI=1S/C13H12N4OS/c19-13(14-7-10-2-1-5-18-10)17-9-3-4-11-12(6-9)16-8-15-11/h1-6,8H,7H2,(H,15,16)(H2,14,17,19). The van der Waals surface area contributed by atoms with E-state index in [0.29, 0.717) is 11.7 Å². The Balaban J connectivity index is 1.62. The molecule has 0 aliphatic heterocycles. The zero-order chi connectivity index (χ0) is 13.1. The van der Waals surface area contributed by atoms with Crippen molar-refractivity contribution in [2.45, 2.75) is 6.54 Å². The quantitative estimate of drug-likeness (QED) is 0.640. The fraction of sp³-hybridized carbons (Fsp3) is 0.0769. The summed E-state index contributed by atoms with van der Waals surface area (Å²) in [5.74, 6) is 0.840. The van der Waals surface area contributed by atoms with E-state index < -0.39 is 0 Å². The summed E-state index contributed by atoms with van der Waals surface area (Å²) < 4.78 is 5.22. The van der Waals surface area contributed by atoms with E-state index >= 15 is 0 Å². The monoisotopic (exact) mass is 272 g/mol. The van der Waals surface area contributed by atoms with Gasteiger partial charge in [-0.05, 0) is 42.5 Å². The second-order valence-corrected chi connectivity index (χ2v) is 4.43. The zero-order valence-corrected chi connectivity index (χ0v) is 10.8. The number of nitrogens with one attached hydrogen (secondary N) is 3. The van der Waals surface area contributed by atoms with Crippen molar-refractivity contribution in [3.8, 4) is 0 Å². The maximum absolute atomic E-state index is 5.22. The van der Waals surface area contributed by atoms with Crippen molar-refractivity contribution in [1.29, 1.82) is 0 Å². The number of H-pyrrole nitrogens is 1. The minimum absolute atomic E-state index is 0.547. The molecule has 5 nitrogen and oxygen atoms in total. The maximum atomic E-state index is 5.22. The van der Waals surface area contributed by atoms with E-state index in [2.05, 4.69) is 20.6 Å². The minimum atomic E-state index is 0.547. The van der Waals surface area contributed by atoms with E-state index in [1.165, 1.54) is 0 Å². The summed E-state index contributed by atoms with van der Waals surface area (Å²) >= 11 is 5.22. The fourth-order valence-electron chi connectivity index (χ4n) is 1.77. The number of hydrogen-bond donors (Lipinski definition) is 3. The third-order valence-corrected chi connectivity index (χ3v) is 2.93. The third-order valence-electron chi connectivity index (χ3n) is 2.68. The van der Waals surface area contributed by atoms with Gasteiger partial charge in [-0.1, -0.05) is 0 Å². The molecule has 96 valence electrons. The molecule has 0 radical (unpaired) electrons. The van der Waals surface area contributed by atoms with E-state index in [9.17, 15) is 0 Å². The van der Waals surface area contributed by atoms with Crippen molar-refractivity contribution in [2.75, 3.05) is 5.32 Å². The van der Waals surface area contributed by atoms with Gasteiger partial charge in [0, 0.05) is 5.69 Å². The molecule has 0 unspecified atom stereocenters. The lowest BCUT2D eigenvalue weighted by molar-refractivity contribution is 0.503. The molecule has 2 heterocycles. The van der Waals surface area contributed by atoms with Crippen LogP contribution in [0.15, 0.2) is 47.3 Å². The van der Waals surface area contributed by atoms with Gasteiger partial charge < -0.3 is 20.0 Å². The number of rotatable bonds is 3. The fourth-order valence-corrected chi connectivity index (χ4v) is 1.96. The van der Waals surface area contributed by atoms with Crippen LogP contribution >= 0.6 is 12.2 Å². The van der Waals surface area contributed by atoms with Crippen LogP contribution in [0.25, 0.3) is 11.0 Å². The summed E-state index contributed by atoms with van der Waals surface area (Å²) in [7, 11) is 0. The number of furan rings is 1. The van der Waals surface area contributed by atoms with E-state index in [-0.39, 0.29) is 0 Å². The summed E-state index contributed by atoms with van der Waals surface area (Å²) in [6.07, 6.45) is 3.31. The van der Waals surface area contributed by atoms with Crippen LogP contribution in [0.5, 0.6) is 0 Å². The van der Waals surface area contributed by atoms with Crippen LogP contribution in [-0.4, -0.2) is 15.1 Å². The van der Waals surface area contributed by atoms with Gasteiger partial charge in [-0.15, -0.1) is 0 Å². The molecule has 0 bridgehead atoms. The molecular formula is C13H12N4OS. The van der Waals surface area contributed by atoms with Crippen LogP contribution in [0.1, 0.15) is 5.76 Å². The molecule has 3 aromatic rings. The summed E-state index contributed by atoms with van der Waals surface area (Å²) in [4.78, 5) is 7.24. The van der Waals surface area contributed by atoms with Gasteiger partial charge in [0.2, 0.25) is 0 Å². The van der Waals surface area contributed by atoms with Gasteiger partial charge in [0.15, 0.2) is 5.11 Å². The largest absolute Gasteiger partial charge is 0.467 e. The highest BCUT2D eigenvalue weighted by Crippen LogP contribution is 2.15. The molecule has 0 spiro atoms. The molecule has 3 N–H and O–H groups in total. The first kappa shape index (κ1) is 11.7. The van der Waals surface area contributed by atoms with Crippen molar-refractivity contribution in [2.24, 2.45) is 0 Å². The SMILES string of the molecule is S=C(NCc1ccco1)Nc1ccc2[nH]cnc2c1. The molecule has 0 saturated heterocycles. The lowest BCUT2D eigenvalue weighted by atomic mass is 10.3. The van der Waals surface area contributed by atoms with Crippen LogP contribution in [0.4, 0.5) is 5.69 Å². The van der Waals surface area contributed by atoms with Crippen LogP contribution in [0.2, 0.25) is 0 Å². The molecule has 0 atom stereocenters. The van der Waals surface area contributed by atoms with Gasteiger partial charge in [0.25, 0.3) is 0 Å². The molecule has 0 aliphatic carbocycles. The number of aromatic amines is 1. The van der Waals surface area contributed by atoms with Crippen molar-refractivity contribution in [1.82, 2.24) is 15.3 Å². The molecular weight excluding hydrogens is 260 g/mol. The van der Waals surface area contributed by atoms with E-state index in [4.69, 9.17) is 16.6 Å². The topological polar surface area (TPSA) is 65.9 Å². The average Bonchev–Trinajstić information content (AvgIpc) is 3.07. The molecule has 19 heavy (non-hydrogen) atoms. The molecule has 6 heteroatoms. The second kappa shape index (κ2) is 5.11. The smallest absolute Gasteiger partial charge is 0.171 e. The van der Waals surface area contributed by atoms with Gasteiger partial charge in [0.1, 0.15) is 5.76 Å². The van der Waals surface area contributed by atoms with Gasteiger partial charge in [0.05, 0.1) is 30.2 Å². The first-order chi connectivity index (χ1) is 9.31. The molecule has 0 saturated carbocycles. The lowest BCUT2D eigenvalue weighted by Crippen LogP contribution is -2.27. The highest BCUT2D eigenvalue weighted by atomic mass is 32.1. The average molecular weight is 272 g/mol. The van der Waals surface area contributed by atoms with Gasteiger partial charge in [-0.2, -0.15) is 0 Å². The van der Waals surface area contributed by atoms with Crippen LogP contribution in [-0.2, 0) is 6.54 Å². The Bertz CT molecular complexity index is 690. The molecule has 0 aliphatic rings. The van der Waals surface area contributed by atoms with Crippen LogP contribution in [0.3, 0.4) is 0 Å². The second-order valence-electron chi connectivity index (χ2n) is 4.02. The number of anilines is 1. The normalized spacial score (nSPS) is 10.5. The third kappa shape index (κ3) is 2.74. The Morgan fingerprint density at radius 2 is 2.32 bits per heavy atom. The predicted octanol–water partition coefficient (Wildman–Crippen LogP) is 2.64. The van der Waals surface area contributed by atoms with Crippen molar-refractivity contribution >= 4 is 34.1 Å². The summed E-state index contributed by atoms with van der Waals surface area (Å²) in [6, 6.07) is 9.58. The Hall–Kier alpha value is -2.34. The number of fused-ring (bicyclic) bond motifs is 1. The summed E-state index contributed by atoms with van der Waals surface area (Å²) in [6.45, 7) is 0.559. The molecule has 1 aromatic carbocycles. The first-order valence-corrected chi connectivity index (χ1v) is 6.22. The van der Waals surface area contributed by atoms with Crippen molar-refractivity contribution < 1.29 is 4.42 Å². The van der Waals surface area contributed by atoms with Gasteiger partial charge >= 0.3 is 0 Å². The molecule has 0 amide bonds. The predicted molar refractivity (Wildman–Crippen MR) is 77.9 cm³/mol. The van der Waals surface area contributed by atoms with E-state index in [1.807, 2.05) is 30.3 Å². The maximum Gasteiger partial charge on any atom is 0.171 e. The van der Waals surface area contributed by atoms with Crippen molar-refractivity contribution in [3.05, 3.63) is 48.7 Å². The minimum Gasteiger partial charge on any atom is -0.467 e. The number of benzene rings is 1. The number of imidazole rings is 1. The molecule has 3 rings (SSSR count). The summed E-state index contributed by atoms with van der Waals surface area (Å²) in [5, 5.41) is 6.73. The van der Waals surface area contributed by atoms with E-state index in [1.54, 1.807) is 12.6 Å². The molecule has 0 fully saturated rings. The van der Waals surface area contributed by atoms with Gasteiger partial charge in [-0.25, -0.2) is 4.98 Å². The lowest BCUT2D eigenvalue weighted by Gasteiger charge is -2.09. The van der Waals surface area contributed by atoms with Crippen LogP contribution < -0.4 is 10.6 Å². The molecule has 2 aromatic heterocycles. The first-order valence-electron chi connectivity index (χ1n) is 5.81. The highest BCUT2D eigenvalue weighted by molar-refractivity contribution is 7.80. The number of thiocarbonyl (C=S) groups is 1. The Labute approximate surface area is 115 Å². The zero-order valence-electron chi connectivity index (χ0n) is 10.0. The Morgan fingerprint density at radius 3 is 3.16 bits per heavy atom. The van der Waals surface area contributed by atoms with Crippen molar-refractivity contribution in [3.63, 3.8) is 0 Å². The Kier molecular flexibility index (Phi) is 3.16. The highest BCUT2D eigenvalue weighted by Gasteiger charge is 2.01. The van der Waals surface area contributed by atoms with Gasteiger partial charge in [-0.3, -0.25) is 0 Å². The van der Waals surface area contributed by atoms with Crippen LogP contribution in [0, 0.1) is 0 Å². The Morgan fingerprint density at radius 1 is 1.37 bits per heavy atom. The number of aromatic nitrogens is 2. The summed E-state index contributed by atoms with van der Waals surface area (Å²) in [5.41, 5.74) is 2.80. The number of nitrogens with zero attached hydrogens (tertiary/aromatic N) is 1. The van der Waals surface area contributed by atoms with E-state index in [0.717, 1.165) is 22.5 Å².